The fourth-order valence-electron chi connectivity index (χ4n) is 3.47. The SMILES string of the molecule is COc1cccc(/C=C(\NC(=O)c2ccccc2)C(=O)Nc2ccc(SC(C)C(=O)Nc3nnc(C)s3)cc2)c1. The van der Waals surface area contributed by atoms with Crippen molar-refractivity contribution in [1.29, 1.82) is 0 Å². The molecule has 11 heteroatoms. The van der Waals surface area contributed by atoms with Gasteiger partial charge in [-0.05, 0) is 74.0 Å². The van der Waals surface area contributed by atoms with Crippen LogP contribution >= 0.6 is 23.1 Å². The van der Waals surface area contributed by atoms with Crippen LogP contribution in [-0.4, -0.2) is 40.3 Å². The zero-order chi connectivity index (χ0) is 28.5. The first-order valence-corrected chi connectivity index (χ1v) is 13.9. The van der Waals surface area contributed by atoms with Gasteiger partial charge in [-0.25, -0.2) is 0 Å². The van der Waals surface area contributed by atoms with E-state index < -0.39 is 11.8 Å². The van der Waals surface area contributed by atoms with Crippen LogP contribution in [0.3, 0.4) is 0 Å². The number of ether oxygens (including phenoxy) is 1. The molecular formula is C29H27N5O4S2. The van der Waals surface area contributed by atoms with E-state index in [2.05, 4.69) is 26.1 Å². The summed E-state index contributed by atoms with van der Waals surface area (Å²) in [4.78, 5) is 39.5. The lowest BCUT2D eigenvalue weighted by Gasteiger charge is -2.13. The number of rotatable bonds is 10. The third-order valence-electron chi connectivity index (χ3n) is 5.48. The summed E-state index contributed by atoms with van der Waals surface area (Å²) in [5.74, 6) is -0.461. The number of nitrogens with zero attached hydrogens (tertiary/aromatic N) is 2. The molecule has 1 heterocycles. The fourth-order valence-corrected chi connectivity index (χ4v) is 4.93. The summed E-state index contributed by atoms with van der Waals surface area (Å²) in [6.07, 6.45) is 1.59. The van der Waals surface area contributed by atoms with Gasteiger partial charge in [-0.3, -0.25) is 19.7 Å². The highest BCUT2D eigenvalue weighted by atomic mass is 32.2. The third kappa shape index (κ3) is 8.01. The van der Waals surface area contributed by atoms with Crippen LogP contribution in [0.25, 0.3) is 6.08 Å². The van der Waals surface area contributed by atoms with Crippen molar-refractivity contribution in [2.75, 3.05) is 17.7 Å². The lowest BCUT2D eigenvalue weighted by atomic mass is 10.1. The van der Waals surface area contributed by atoms with Crippen LogP contribution in [0, 0.1) is 6.92 Å². The van der Waals surface area contributed by atoms with Gasteiger partial charge in [0.2, 0.25) is 11.0 Å². The largest absolute Gasteiger partial charge is 0.497 e. The van der Waals surface area contributed by atoms with Gasteiger partial charge in [0, 0.05) is 16.1 Å². The van der Waals surface area contributed by atoms with Crippen LogP contribution in [-0.2, 0) is 9.59 Å². The molecule has 40 heavy (non-hydrogen) atoms. The minimum atomic E-state index is -0.493. The minimum absolute atomic E-state index is 0.0674. The first-order valence-electron chi connectivity index (χ1n) is 12.2. The number of hydrogen-bond donors (Lipinski definition) is 3. The summed E-state index contributed by atoms with van der Waals surface area (Å²) in [6, 6.07) is 22.9. The molecule has 0 aliphatic carbocycles. The van der Waals surface area contributed by atoms with Crippen LogP contribution in [0.4, 0.5) is 10.8 Å². The Morgan fingerprint density at radius 1 is 0.950 bits per heavy atom. The van der Waals surface area contributed by atoms with Crippen LogP contribution in [0.15, 0.2) is 89.5 Å². The Bertz CT molecular complexity index is 1520. The Balaban J connectivity index is 1.45. The molecule has 204 valence electrons. The van der Waals surface area contributed by atoms with Gasteiger partial charge in [0.05, 0.1) is 12.4 Å². The molecule has 1 aromatic heterocycles. The van der Waals surface area contributed by atoms with E-state index in [4.69, 9.17) is 4.74 Å². The molecule has 3 amide bonds. The number of thioether (sulfide) groups is 1. The van der Waals surface area contributed by atoms with Crippen LogP contribution in [0.1, 0.15) is 27.9 Å². The first-order chi connectivity index (χ1) is 19.3. The van der Waals surface area contributed by atoms with Gasteiger partial charge in [-0.15, -0.1) is 22.0 Å². The lowest BCUT2D eigenvalue weighted by Crippen LogP contribution is -2.30. The van der Waals surface area contributed by atoms with E-state index in [0.29, 0.717) is 27.7 Å². The van der Waals surface area contributed by atoms with E-state index in [1.807, 2.05) is 25.1 Å². The monoisotopic (exact) mass is 573 g/mol. The van der Waals surface area contributed by atoms with Gasteiger partial charge in [0.15, 0.2) is 0 Å². The average Bonchev–Trinajstić information content (AvgIpc) is 3.38. The Morgan fingerprint density at radius 2 is 1.70 bits per heavy atom. The van der Waals surface area contributed by atoms with Gasteiger partial charge < -0.3 is 15.4 Å². The smallest absolute Gasteiger partial charge is 0.272 e. The van der Waals surface area contributed by atoms with E-state index in [9.17, 15) is 14.4 Å². The van der Waals surface area contributed by atoms with Crippen molar-refractivity contribution in [2.45, 2.75) is 24.0 Å². The molecule has 3 aromatic carbocycles. The second-order valence-corrected chi connectivity index (χ2v) is 11.1. The molecule has 0 radical (unpaired) electrons. The van der Waals surface area contributed by atoms with Crippen molar-refractivity contribution >= 4 is 57.7 Å². The maximum atomic E-state index is 13.3. The first kappa shape index (κ1) is 28.5. The molecule has 0 aliphatic heterocycles. The molecule has 3 N–H and O–H groups in total. The van der Waals surface area contributed by atoms with E-state index in [1.54, 1.807) is 80.8 Å². The predicted molar refractivity (Wildman–Crippen MR) is 159 cm³/mol. The number of amides is 3. The Kier molecular flexibility index (Phi) is 9.66. The second kappa shape index (κ2) is 13.5. The van der Waals surface area contributed by atoms with E-state index in [-0.39, 0.29) is 16.9 Å². The number of methoxy groups -OCH3 is 1. The molecule has 1 atom stereocenters. The topological polar surface area (TPSA) is 122 Å². The van der Waals surface area contributed by atoms with Crippen LogP contribution in [0.5, 0.6) is 5.75 Å². The number of carbonyl (C=O) groups excluding carboxylic acids is 3. The van der Waals surface area contributed by atoms with E-state index in [0.717, 1.165) is 9.90 Å². The molecule has 0 bridgehead atoms. The van der Waals surface area contributed by atoms with Crippen molar-refractivity contribution < 1.29 is 19.1 Å². The highest BCUT2D eigenvalue weighted by Crippen LogP contribution is 2.26. The third-order valence-corrected chi connectivity index (χ3v) is 7.35. The molecule has 0 saturated heterocycles. The number of nitrogens with one attached hydrogen (secondary N) is 3. The highest BCUT2D eigenvalue weighted by Gasteiger charge is 2.18. The van der Waals surface area contributed by atoms with Crippen molar-refractivity contribution in [1.82, 2.24) is 15.5 Å². The molecular weight excluding hydrogens is 546 g/mol. The Labute approximate surface area is 240 Å². The van der Waals surface area contributed by atoms with Crippen molar-refractivity contribution in [2.24, 2.45) is 0 Å². The normalized spacial score (nSPS) is 11.8. The van der Waals surface area contributed by atoms with E-state index in [1.165, 1.54) is 23.1 Å². The Hall–Kier alpha value is -4.48. The van der Waals surface area contributed by atoms with E-state index >= 15 is 0 Å². The van der Waals surface area contributed by atoms with Crippen molar-refractivity contribution in [3.8, 4) is 5.75 Å². The molecule has 0 fully saturated rings. The molecule has 1 unspecified atom stereocenters. The zero-order valence-electron chi connectivity index (χ0n) is 22.0. The summed E-state index contributed by atoms with van der Waals surface area (Å²) in [6.45, 7) is 3.62. The van der Waals surface area contributed by atoms with Gasteiger partial charge >= 0.3 is 0 Å². The summed E-state index contributed by atoms with van der Waals surface area (Å²) >= 11 is 2.69. The summed E-state index contributed by atoms with van der Waals surface area (Å²) in [5.41, 5.74) is 1.70. The van der Waals surface area contributed by atoms with Gasteiger partial charge in [0.25, 0.3) is 11.8 Å². The highest BCUT2D eigenvalue weighted by molar-refractivity contribution is 8.00. The quantitative estimate of drug-likeness (QED) is 0.172. The second-order valence-electron chi connectivity index (χ2n) is 8.51. The van der Waals surface area contributed by atoms with Gasteiger partial charge in [-0.2, -0.15) is 0 Å². The number of anilines is 2. The molecule has 0 saturated carbocycles. The maximum absolute atomic E-state index is 13.3. The molecule has 4 rings (SSSR count). The fraction of sp³-hybridized carbons (Fsp3) is 0.138. The maximum Gasteiger partial charge on any atom is 0.272 e. The number of hydrogen-bond acceptors (Lipinski definition) is 8. The van der Waals surface area contributed by atoms with Crippen LogP contribution in [0.2, 0.25) is 0 Å². The lowest BCUT2D eigenvalue weighted by molar-refractivity contribution is -0.115. The number of carbonyl (C=O) groups is 3. The summed E-state index contributed by atoms with van der Waals surface area (Å²) in [7, 11) is 1.56. The minimum Gasteiger partial charge on any atom is -0.497 e. The zero-order valence-corrected chi connectivity index (χ0v) is 23.6. The number of aromatic nitrogens is 2. The Morgan fingerprint density at radius 3 is 2.38 bits per heavy atom. The summed E-state index contributed by atoms with van der Waals surface area (Å²) < 4.78 is 5.28. The van der Waals surface area contributed by atoms with Crippen LogP contribution < -0.4 is 20.7 Å². The van der Waals surface area contributed by atoms with Gasteiger partial charge in [0.1, 0.15) is 16.5 Å². The average molecular weight is 574 g/mol. The molecule has 9 nitrogen and oxygen atoms in total. The van der Waals surface area contributed by atoms with Gasteiger partial charge in [-0.1, -0.05) is 41.7 Å². The molecule has 0 aliphatic rings. The standard InChI is InChI=1S/C29H27N5O4S2/c1-18(26(35)32-29-34-33-19(2)40-29)39-24-14-12-22(13-15-24)30-28(37)25(17-20-8-7-11-23(16-20)38-3)31-27(36)21-9-5-4-6-10-21/h4-18H,1-3H3,(H,30,37)(H,31,36)(H,32,34,35)/b25-17-. The summed E-state index contributed by atoms with van der Waals surface area (Å²) in [5, 5.41) is 17.0. The molecule has 0 spiro atoms. The number of aryl methyl sites for hydroxylation is 1. The number of benzene rings is 3. The molecule has 4 aromatic rings. The van der Waals surface area contributed by atoms with Crippen molar-refractivity contribution in [3.05, 3.63) is 101 Å². The van der Waals surface area contributed by atoms with Crippen molar-refractivity contribution in [3.63, 3.8) is 0 Å². The predicted octanol–water partition coefficient (Wildman–Crippen LogP) is 5.38.